The van der Waals surface area contributed by atoms with Crippen molar-refractivity contribution in [2.45, 2.75) is 32.6 Å². The monoisotopic (exact) mass is 283 g/mol. The highest BCUT2D eigenvalue weighted by atomic mass is 16.2. The van der Waals surface area contributed by atoms with Crippen molar-refractivity contribution in [3.8, 4) is 6.07 Å². The number of para-hydroxylation sites is 1. The number of amides is 1. The van der Waals surface area contributed by atoms with Gasteiger partial charge in [-0.15, -0.1) is 0 Å². The van der Waals surface area contributed by atoms with Crippen molar-refractivity contribution in [1.82, 2.24) is 9.88 Å². The molecule has 0 bridgehead atoms. The summed E-state index contributed by atoms with van der Waals surface area (Å²) in [5, 5.41) is 9.84. The van der Waals surface area contributed by atoms with Gasteiger partial charge in [0, 0.05) is 36.6 Å². The maximum absolute atomic E-state index is 12.1. The fraction of sp³-hybridized carbons (Fsp3) is 0.412. The molecule has 110 valence electrons. The van der Waals surface area contributed by atoms with Crippen LogP contribution in [0.3, 0.4) is 0 Å². The van der Waals surface area contributed by atoms with Gasteiger partial charge in [-0.25, -0.2) is 0 Å². The lowest BCUT2D eigenvalue weighted by molar-refractivity contribution is -0.131. The van der Waals surface area contributed by atoms with Gasteiger partial charge >= 0.3 is 0 Å². The Morgan fingerprint density at radius 3 is 2.95 bits per heavy atom. The van der Waals surface area contributed by atoms with E-state index < -0.39 is 0 Å². The van der Waals surface area contributed by atoms with Crippen molar-refractivity contribution in [2.24, 2.45) is 0 Å². The van der Waals surface area contributed by atoms with Crippen molar-refractivity contribution in [3.05, 3.63) is 36.0 Å². The van der Waals surface area contributed by atoms with Gasteiger partial charge in [0.1, 0.15) is 0 Å². The molecule has 1 aromatic heterocycles. The molecule has 0 saturated carbocycles. The summed E-state index contributed by atoms with van der Waals surface area (Å²) in [5.74, 6) is 0.146. The number of rotatable bonds is 7. The van der Waals surface area contributed by atoms with Crippen molar-refractivity contribution in [2.75, 3.05) is 13.1 Å². The molecule has 0 saturated heterocycles. The van der Waals surface area contributed by atoms with Gasteiger partial charge in [0.25, 0.3) is 0 Å². The zero-order chi connectivity index (χ0) is 15.1. The fourth-order valence-electron chi connectivity index (χ4n) is 2.57. The van der Waals surface area contributed by atoms with Crippen LogP contribution in [0.2, 0.25) is 0 Å². The molecule has 0 aliphatic rings. The zero-order valence-corrected chi connectivity index (χ0v) is 12.4. The average molecular weight is 283 g/mol. The van der Waals surface area contributed by atoms with E-state index in [-0.39, 0.29) is 5.91 Å². The number of carbonyl (C=O) groups excluding carboxylic acids is 1. The summed E-state index contributed by atoms with van der Waals surface area (Å²) in [6.07, 6.45) is 4.71. The van der Waals surface area contributed by atoms with E-state index >= 15 is 0 Å². The maximum atomic E-state index is 12.1. The predicted octanol–water partition coefficient (Wildman–Crippen LogP) is 3.25. The second kappa shape index (κ2) is 7.49. The Kier molecular flexibility index (Phi) is 5.39. The SMILES string of the molecule is CCN(CCC#N)C(=O)CCCc1c[nH]c2ccccc12. The number of benzene rings is 1. The van der Waals surface area contributed by atoms with Crippen LogP contribution in [-0.4, -0.2) is 28.9 Å². The molecular weight excluding hydrogens is 262 g/mol. The van der Waals surface area contributed by atoms with E-state index in [0.29, 0.717) is 25.9 Å². The molecule has 1 amide bonds. The van der Waals surface area contributed by atoms with Crippen molar-refractivity contribution in [1.29, 1.82) is 5.26 Å². The first-order chi connectivity index (χ1) is 10.3. The first-order valence-corrected chi connectivity index (χ1v) is 7.46. The van der Waals surface area contributed by atoms with Crippen LogP contribution in [0, 0.1) is 11.3 Å². The van der Waals surface area contributed by atoms with Crippen LogP contribution in [-0.2, 0) is 11.2 Å². The van der Waals surface area contributed by atoms with Gasteiger partial charge in [0.2, 0.25) is 5.91 Å². The molecule has 2 aromatic rings. The minimum absolute atomic E-state index is 0.146. The molecule has 4 nitrogen and oxygen atoms in total. The van der Waals surface area contributed by atoms with Crippen LogP contribution >= 0.6 is 0 Å². The van der Waals surface area contributed by atoms with Crippen LogP contribution in [0.4, 0.5) is 0 Å². The second-order valence-electron chi connectivity index (χ2n) is 5.09. The summed E-state index contributed by atoms with van der Waals surface area (Å²) in [6, 6.07) is 10.3. The molecule has 0 aliphatic carbocycles. The van der Waals surface area contributed by atoms with Gasteiger partial charge in [-0.3, -0.25) is 4.79 Å². The Morgan fingerprint density at radius 2 is 2.19 bits per heavy atom. The number of fused-ring (bicyclic) bond motifs is 1. The first kappa shape index (κ1) is 15.1. The summed E-state index contributed by atoms with van der Waals surface area (Å²) >= 11 is 0. The smallest absolute Gasteiger partial charge is 0.222 e. The molecule has 0 fully saturated rings. The first-order valence-electron chi connectivity index (χ1n) is 7.46. The molecule has 0 spiro atoms. The van der Waals surface area contributed by atoms with E-state index in [1.54, 1.807) is 4.90 Å². The number of aryl methyl sites for hydroxylation is 1. The van der Waals surface area contributed by atoms with Crippen LogP contribution in [0.25, 0.3) is 10.9 Å². The molecule has 4 heteroatoms. The molecule has 0 atom stereocenters. The molecule has 1 heterocycles. The number of H-pyrrole nitrogens is 1. The van der Waals surface area contributed by atoms with E-state index in [2.05, 4.69) is 23.2 Å². The Labute approximate surface area is 125 Å². The highest BCUT2D eigenvalue weighted by molar-refractivity contribution is 5.83. The zero-order valence-electron chi connectivity index (χ0n) is 12.4. The van der Waals surface area contributed by atoms with Gasteiger partial charge in [-0.2, -0.15) is 5.26 Å². The number of nitrogens with zero attached hydrogens (tertiary/aromatic N) is 2. The van der Waals surface area contributed by atoms with Gasteiger partial charge < -0.3 is 9.88 Å². The normalized spacial score (nSPS) is 10.5. The molecule has 0 radical (unpaired) electrons. The van der Waals surface area contributed by atoms with E-state index in [1.807, 2.05) is 25.3 Å². The third-order valence-electron chi connectivity index (χ3n) is 3.74. The van der Waals surface area contributed by atoms with Crippen molar-refractivity contribution in [3.63, 3.8) is 0 Å². The third kappa shape index (κ3) is 3.85. The summed E-state index contributed by atoms with van der Waals surface area (Å²) in [6.45, 7) is 3.17. The number of aromatic amines is 1. The average Bonchev–Trinajstić information content (AvgIpc) is 2.91. The number of carbonyl (C=O) groups is 1. The Morgan fingerprint density at radius 1 is 1.38 bits per heavy atom. The summed E-state index contributed by atoms with van der Waals surface area (Å²) in [7, 11) is 0. The number of aromatic nitrogens is 1. The minimum atomic E-state index is 0.146. The van der Waals surface area contributed by atoms with Gasteiger partial charge in [-0.1, -0.05) is 18.2 Å². The Balaban J connectivity index is 1.86. The van der Waals surface area contributed by atoms with Gasteiger partial charge in [0.15, 0.2) is 0 Å². The molecule has 2 rings (SSSR count). The third-order valence-corrected chi connectivity index (χ3v) is 3.74. The molecule has 21 heavy (non-hydrogen) atoms. The Bertz CT molecular complexity index is 639. The number of nitriles is 1. The predicted molar refractivity (Wildman–Crippen MR) is 83.7 cm³/mol. The quantitative estimate of drug-likeness (QED) is 0.848. The topological polar surface area (TPSA) is 59.9 Å². The highest BCUT2D eigenvalue weighted by Crippen LogP contribution is 2.19. The molecule has 1 aromatic carbocycles. The minimum Gasteiger partial charge on any atom is -0.361 e. The lowest BCUT2D eigenvalue weighted by Crippen LogP contribution is -2.31. The molecular formula is C17H21N3O. The van der Waals surface area contributed by atoms with E-state index in [1.165, 1.54) is 10.9 Å². The highest BCUT2D eigenvalue weighted by Gasteiger charge is 2.11. The number of nitrogens with one attached hydrogen (secondary N) is 1. The van der Waals surface area contributed by atoms with Crippen LogP contribution < -0.4 is 0 Å². The van der Waals surface area contributed by atoms with Crippen molar-refractivity contribution < 1.29 is 4.79 Å². The van der Waals surface area contributed by atoms with Gasteiger partial charge in [0.05, 0.1) is 12.5 Å². The second-order valence-corrected chi connectivity index (χ2v) is 5.09. The van der Waals surface area contributed by atoms with Crippen LogP contribution in [0.5, 0.6) is 0 Å². The molecule has 1 N–H and O–H groups in total. The number of hydrogen-bond donors (Lipinski definition) is 1. The van der Waals surface area contributed by atoms with Crippen LogP contribution in [0.1, 0.15) is 31.7 Å². The van der Waals surface area contributed by atoms with E-state index in [9.17, 15) is 4.79 Å². The maximum Gasteiger partial charge on any atom is 0.222 e. The summed E-state index contributed by atoms with van der Waals surface area (Å²) < 4.78 is 0. The van der Waals surface area contributed by atoms with Gasteiger partial charge in [-0.05, 0) is 31.4 Å². The largest absolute Gasteiger partial charge is 0.361 e. The Hall–Kier alpha value is -2.28. The fourth-order valence-corrected chi connectivity index (χ4v) is 2.57. The van der Waals surface area contributed by atoms with E-state index in [4.69, 9.17) is 5.26 Å². The summed E-state index contributed by atoms with van der Waals surface area (Å²) in [5.41, 5.74) is 2.40. The van der Waals surface area contributed by atoms with E-state index in [0.717, 1.165) is 18.4 Å². The molecule has 0 aliphatic heterocycles. The molecule has 0 unspecified atom stereocenters. The van der Waals surface area contributed by atoms with Crippen LogP contribution in [0.15, 0.2) is 30.5 Å². The lowest BCUT2D eigenvalue weighted by atomic mass is 10.1. The lowest BCUT2D eigenvalue weighted by Gasteiger charge is -2.19. The standard InChI is InChI=1S/C17H21N3O/c1-2-20(12-6-11-18)17(21)10-5-7-14-13-19-16-9-4-3-8-15(14)16/h3-4,8-9,13,19H,2,5-7,10,12H2,1H3. The number of hydrogen-bond acceptors (Lipinski definition) is 2. The summed E-state index contributed by atoms with van der Waals surface area (Å²) in [4.78, 5) is 17.1. The van der Waals surface area contributed by atoms with Crippen molar-refractivity contribution >= 4 is 16.8 Å².